The van der Waals surface area contributed by atoms with Crippen LogP contribution in [0.5, 0.6) is 0 Å². The van der Waals surface area contributed by atoms with Gasteiger partial charge in [0, 0.05) is 38.2 Å². The monoisotopic (exact) mass is 516 g/mol. The minimum absolute atomic E-state index is 0.0980. The number of aromatic nitrogens is 1. The number of unbranched alkanes of at least 4 members (excludes halogenated alkanes) is 2. The predicted molar refractivity (Wildman–Crippen MR) is 142 cm³/mol. The van der Waals surface area contributed by atoms with E-state index in [1.165, 1.54) is 11.8 Å². The van der Waals surface area contributed by atoms with Crippen LogP contribution in [-0.4, -0.2) is 50.4 Å². The Hall–Kier alpha value is -2.64. The third-order valence-corrected chi connectivity index (χ3v) is 7.92. The van der Waals surface area contributed by atoms with E-state index in [4.69, 9.17) is 17.3 Å². The summed E-state index contributed by atoms with van der Waals surface area (Å²) in [5, 5.41) is 18.5. The van der Waals surface area contributed by atoms with Crippen molar-refractivity contribution in [2.24, 2.45) is 5.92 Å². The average molecular weight is 517 g/mol. The maximum atomic E-state index is 13.2. The molecule has 1 N–H and O–H groups in total. The third-order valence-electron chi connectivity index (χ3n) is 6.54. The van der Waals surface area contributed by atoms with Crippen LogP contribution in [0.3, 0.4) is 0 Å². The third kappa shape index (κ3) is 5.96. The summed E-state index contributed by atoms with van der Waals surface area (Å²) in [6.45, 7) is 8.34. The number of hydrogen-bond donors (Lipinski definition) is 1. The Morgan fingerprint density at radius 3 is 2.69 bits per heavy atom. The molecule has 1 unspecified atom stereocenters. The number of carbonyl (C=O) groups is 2. The highest BCUT2D eigenvalue weighted by atomic mass is 32.2. The van der Waals surface area contributed by atoms with Crippen LogP contribution in [0.25, 0.3) is 6.08 Å². The molecule has 3 heterocycles. The fraction of sp³-hybridized carbons (Fsp3) is 0.560. The van der Waals surface area contributed by atoms with Crippen molar-refractivity contribution in [1.29, 1.82) is 5.26 Å². The van der Waals surface area contributed by atoms with Crippen LogP contribution in [0.1, 0.15) is 69.1 Å². The van der Waals surface area contributed by atoms with Gasteiger partial charge in [-0.05, 0) is 57.1 Å². The highest BCUT2D eigenvalue weighted by molar-refractivity contribution is 8.26. The van der Waals surface area contributed by atoms with Crippen molar-refractivity contribution in [2.45, 2.75) is 65.8 Å². The number of carbonyl (C=O) groups excluding carboxylic acids is 1. The molecule has 0 bridgehead atoms. The smallest absolute Gasteiger partial charge is 0.303 e. The highest BCUT2D eigenvalue weighted by Gasteiger charge is 2.33. The first-order valence-corrected chi connectivity index (χ1v) is 13.3. The second-order valence-corrected chi connectivity index (χ2v) is 10.8. The molecule has 0 spiro atoms. The maximum Gasteiger partial charge on any atom is 0.303 e. The Bertz CT molecular complexity index is 1150. The zero-order valence-electron chi connectivity index (χ0n) is 20.5. The Labute approximate surface area is 215 Å². The average Bonchev–Trinajstić information content (AvgIpc) is 3.07. The molecule has 2 saturated heterocycles. The molecule has 2 fully saturated rings. The second kappa shape index (κ2) is 11.9. The number of hydrogen-bond acceptors (Lipinski definition) is 7. The molecule has 3 rings (SSSR count). The lowest BCUT2D eigenvalue weighted by Crippen LogP contribution is -2.40. The fourth-order valence-corrected chi connectivity index (χ4v) is 6.00. The summed E-state index contributed by atoms with van der Waals surface area (Å²) in [5.74, 6) is 0.230. The van der Waals surface area contributed by atoms with Crippen molar-refractivity contribution in [1.82, 2.24) is 9.47 Å². The Morgan fingerprint density at radius 2 is 2.06 bits per heavy atom. The number of anilines is 1. The van der Waals surface area contributed by atoms with E-state index in [2.05, 4.69) is 17.9 Å². The van der Waals surface area contributed by atoms with Gasteiger partial charge in [-0.25, -0.2) is 0 Å². The van der Waals surface area contributed by atoms with E-state index in [1.54, 1.807) is 22.5 Å². The fourth-order valence-electron chi connectivity index (χ4n) is 4.71. The molecule has 10 heteroatoms. The Balaban J connectivity index is 1.98. The van der Waals surface area contributed by atoms with Gasteiger partial charge in [0.15, 0.2) is 0 Å². The molecule has 35 heavy (non-hydrogen) atoms. The van der Waals surface area contributed by atoms with E-state index in [9.17, 15) is 19.6 Å². The Morgan fingerprint density at radius 1 is 1.31 bits per heavy atom. The molecule has 1 aromatic rings. The molecule has 0 aliphatic carbocycles. The summed E-state index contributed by atoms with van der Waals surface area (Å²) in [6, 6.07) is 2.07. The van der Waals surface area contributed by atoms with E-state index >= 15 is 0 Å². The van der Waals surface area contributed by atoms with Crippen molar-refractivity contribution in [2.75, 3.05) is 24.5 Å². The number of carboxylic acid groups (broad SMARTS) is 1. The van der Waals surface area contributed by atoms with E-state index in [-0.39, 0.29) is 23.5 Å². The number of nitrogens with zero attached hydrogens (tertiary/aromatic N) is 4. The molecule has 1 amide bonds. The molecule has 8 nitrogen and oxygen atoms in total. The summed E-state index contributed by atoms with van der Waals surface area (Å²) in [6.07, 6.45) is 5.98. The molecular formula is C25H32N4O4S2. The molecule has 2 aliphatic rings. The van der Waals surface area contributed by atoms with Gasteiger partial charge in [0.1, 0.15) is 21.8 Å². The van der Waals surface area contributed by atoms with E-state index in [0.29, 0.717) is 53.1 Å². The number of aliphatic carboxylic acids is 1. The highest BCUT2D eigenvalue weighted by Crippen LogP contribution is 2.37. The standard InChI is InChI=1S/C25H32N4O4S2/c1-4-28-22(27-11-8-9-16(2)15-27)18(17(3)19(14-26)23(28)32)13-20-24(33)29(25(34)35-20)12-7-5-6-10-21(30)31/h13,16H,4-12,15H2,1-3H3,(H,30,31). The van der Waals surface area contributed by atoms with Crippen molar-refractivity contribution >= 4 is 52.1 Å². The number of thiocarbonyl (C=S) groups is 1. The van der Waals surface area contributed by atoms with Crippen LogP contribution in [0, 0.1) is 24.2 Å². The zero-order valence-corrected chi connectivity index (χ0v) is 22.1. The van der Waals surface area contributed by atoms with Gasteiger partial charge in [0.05, 0.1) is 4.91 Å². The lowest BCUT2D eigenvalue weighted by molar-refractivity contribution is -0.137. The number of nitriles is 1. The molecule has 2 aliphatic heterocycles. The van der Waals surface area contributed by atoms with Gasteiger partial charge in [0.2, 0.25) is 0 Å². The molecule has 0 aromatic carbocycles. The number of thioether (sulfide) groups is 1. The number of amides is 1. The van der Waals surface area contributed by atoms with Gasteiger partial charge in [-0.1, -0.05) is 37.3 Å². The van der Waals surface area contributed by atoms with E-state index in [1.807, 2.05) is 6.92 Å². The normalized spacial score (nSPS) is 19.5. The molecule has 1 atom stereocenters. The van der Waals surface area contributed by atoms with Gasteiger partial charge < -0.3 is 10.0 Å². The molecule has 1 aromatic heterocycles. The Kier molecular flexibility index (Phi) is 9.14. The SMILES string of the molecule is CCn1c(N2CCCC(C)C2)c(C=C2SC(=S)N(CCCCCC(=O)O)C2=O)c(C)c(C#N)c1=O. The van der Waals surface area contributed by atoms with Crippen LogP contribution in [0.4, 0.5) is 5.82 Å². The molecule has 188 valence electrons. The van der Waals surface area contributed by atoms with Crippen LogP contribution >= 0.6 is 24.0 Å². The van der Waals surface area contributed by atoms with Gasteiger partial charge in [-0.15, -0.1) is 0 Å². The summed E-state index contributed by atoms with van der Waals surface area (Å²) >= 11 is 6.70. The van der Waals surface area contributed by atoms with Crippen LogP contribution in [0.15, 0.2) is 9.70 Å². The first-order chi connectivity index (χ1) is 16.7. The predicted octanol–water partition coefficient (Wildman–Crippen LogP) is 4.13. The second-order valence-electron chi connectivity index (χ2n) is 9.13. The summed E-state index contributed by atoms with van der Waals surface area (Å²) < 4.78 is 2.12. The molecule has 0 saturated carbocycles. The van der Waals surface area contributed by atoms with Crippen molar-refractivity contribution in [3.63, 3.8) is 0 Å². The van der Waals surface area contributed by atoms with E-state index in [0.717, 1.165) is 37.3 Å². The minimum atomic E-state index is -0.821. The first kappa shape index (κ1) is 27.0. The first-order valence-electron chi connectivity index (χ1n) is 12.1. The lowest BCUT2D eigenvalue weighted by atomic mass is 9.98. The molecular weight excluding hydrogens is 484 g/mol. The number of piperidine rings is 1. The number of pyridine rings is 1. The number of carboxylic acids is 1. The van der Waals surface area contributed by atoms with Crippen molar-refractivity contribution < 1.29 is 14.7 Å². The minimum Gasteiger partial charge on any atom is -0.481 e. The van der Waals surface area contributed by atoms with Gasteiger partial charge in [-0.3, -0.25) is 23.9 Å². The maximum absolute atomic E-state index is 13.2. The van der Waals surface area contributed by atoms with Gasteiger partial charge >= 0.3 is 5.97 Å². The topological polar surface area (TPSA) is 107 Å². The van der Waals surface area contributed by atoms with Gasteiger partial charge in [0.25, 0.3) is 11.5 Å². The van der Waals surface area contributed by atoms with Crippen LogP contribution in [-0.2, 0) is 16.1 Å². The van der Waals surface area contributed by atoms with E-state index < -0.39 is 5.97 Å². The van der Waals surface area contributed by atoms with Crippen LogP contribution in [0.2, 0.25) is 0 Å². The zero-order chi connectivity index (χ0) is 25.7. The summed E-state index contributed by atoms with van der Waals surface area (Å²) in [7, 11) is 0. The quantitative estimate of drug-likeness (QED) is 0.297. The lowest BCUT2D eigenvalue weighted by Gasteiger charge is -2.35. The van der Waals surface area contributed by atoms with Crippen LogP contribution < -0.4 is 10.5 Å². The van der Waals surface area contributed by atoms with Crippen molar-refractivity contribution in [3.05, 3.63) is 31.9 Å². The largest absolute Gasteiger partial charge is 0.481 e. The van der Waals surface area contributed by atoms with Gasteiger partial charge in [-0.2, -0.15) is 5.26 Å². The van der Waals surface area contributed by atoms with Crippen molar-refractivity contribution in [3.8, 4) is 6.07 Å². The molecule has 0 radical (unpaired) electrons. The number of rotatable bonds is 9. The summed E-state index contributed by atoms with van der Waals surface area (Å²) in [5.41, 5.74) is 1.10. The summed E-state index contributed by atoms with van der Waals surface area (Å²) in [4.78, 5) is 41.3.